The lowest BCUT2D eigenvalue weighted by molar-refractivity contribution is 0.682. The van der Waals surface area contributed by atoms with Crippen molar-refractivity contribution in [2.75, 3.05) is 0 Å². The molecule has 3 heteroatoms. The smallest absolute Gasteiger partial charge is 0.0833 e. The minimum Gasteiger partial charge on any atom is -0.253 e. The number of rotatable bonds is 3. The molecular formula is C18H15BrOS. The fraction of sp³-hybridized carbons (Fsp3) is 0.111. The Morgan fingerprint density at radius 1 is 1.05 bits per heavy atom. The first kappa shape index (κ1) is 14.5. The van der Waals surface area contributed by atoms with Crippen molar-refractivity contribution in [3.05, 3.63) is 82.4 Å². The number of halogens is 1. The molecule has 0 saturated carbocycles. The summed E-state index contributed by atoms with van der Waals surface area (Å²) in [5, 5.41) is -0.0913. The van der Waals surface area contributed by atoms with Crippen molar-refractivity contribution in [1.82, 2.24) is 0 Å². The molecule has 0 spiro atoms. The van der Waals surface area contributed by atoms with Gasteiger partial charge in [-0.2, -0.15) is 0 Å². The van der Waals surface area contributed by atoms with Gasteiger partial charge >= 0.3 is 0 Å². The molecule has 0 radical (unpaired) electrons. The van der Waals surface area contributed by atoms with Crippen LogP contribution in [0.5, 0.6) is 0 Å². The second-order valence-corrected chi connectivity index (χ2v) is 7.45. The molecule has 1 nitrogen and oxygen atoms in total. The summed E-state index contributed by atoms with van der Waals surface area (Å²) < 4.78 is 13.9. The molecule has 0 aliphatic heterocycles. The minimum atomic E-state index is -1.08. The molecule has 1 aliphatic rings. The van der Waals surface area contributed by atoms with Crippen LogP contribution in [-0.4, -0.2) is 9.46 Å². The summed E-state index contributed by atoms with van der Waals surface area (Å²) in [4.78, 5) is 0.870. The minimum absolute atomic E-state index is 0.0913. The highest BCUT2D eigenvalue weighted by Gasteiger charge is 2.24. The molecule has 0 bridgehead atoms. The Balaban J connectivity index is 1.94. The van der Waals surface area contributed by atoms with Crippen molar-refractivity contribution in [2.24, 2.45) is 0 Å². The van der Waals surface area contributed by atoms with Gasteiger partial charge in [-0.05, 0) is 36.3 Å². The summed E-state index contributed by atoms with van der Waals surface area (Å²) >= 11 is 3.58. The molecule has 21 heavy (non-hydrogen) atoms. The van der Waals surface area contributed by atoms with E-state index in [9.17, 15) is 4.21 Å². The summed E-state index contributed by atoms with van der Waals surface area (Å²) in [5.74, 6) is 0. The van der Waals surface area contributed by atoms with Crippen LogP contribution in [0.2, 0.25) is 0 Å². The molecule has 0 N–H and O–H groups in total. The predicted octanol–water partition coefficient (Wildman–Crippen LogP) is 4.89. The van der Waals surface area contributed by atoms with Crippen molar-refractivity contribution < 1.29 is 4.21 Å². The number of aryl methyl sites for hydroxylation is 1. The maximum Gasteiger partial charge on any atom is 0.0833 e. The fourth-order valence-corrected chi connectivity index (χ4v) is 4.28. The lowest BCUT2D eigenvalue weighted by Gasteiger charge is -2.15. The largest absolute Gasteiger partial charge is 0.253 e. The third kappa shape index (κ3) is 2.94. The summed E-state index contributed by atoms with van der Waals surface area (Å²) in [7, 11) is -1.08. The van der Waals surface area contributed by atoms with Gasteiger partial charge in [0, 0.05) is 9.37 Å². The van der Waals surface area contributed by atoms with Crippen LogP contribution < -0.4 is 0 Å². The third-order valence-corrected chi connectivity index (χ3v) is 5.84. The second-order valence-electron chi connectivity index (χ2n) is 5.02. The molecule has 3 rings (SSSR count). The molecular weight excluding hydrogens is 344 g/mol. The molecule has 0 aromatic heterocycles. The number of allylic oxidation sites excluding steroid dienone is 2. The Morgan fingerprint density at radius 2 is 1.76 bits per heavy atom. The average molecular weight is 359 g/mol. The lowest BCUT2D eigenvalue weighted by atomic mass is 10.1. The Labute approximate surface area is 136 Å². The first-order chi connectivity index (χ1) is 10.2. The third-order valence-electron chi connectivity index (χ3n) is 3.54. The van der Waals surface area contributed by atoms with E-state index in [-0.39, 0.29) is 5.25 Å². The first-order valence-corrected chi connectivity index (χ1v) is 8.78. The quantitative estimate of drug-likeness (QED) is 0.763. The van der Waals surface area contributed by atoms with Gasteiger partial charge in [-0.25, -0.2) is 0 Å². The molecule has 106 valence electrons. The van der Waals surface area contributed by atoms with E-state index in [1.807, 2.05) is 61.5 Å². The molecule has 0 fully saturated rings. The van der Waals surface area contributed by atoms with E-state index in [0.717, 1.165) is 20.5 Å². The van der Waals surface area contributed by atoms with Crippen LogP contribution >= 0.6 is 15.9 Å². The Morgan fingerprint density at radius 3 is 2.48 bits per heavy atom. The van der Waals surface area contributed by atoms with Crippen LogP contribution in [0.3, 0.4) is 0 Å². The van der Waals surface area contributed by atoms with Crippen LogP contribution in [0, 0.1) is 6.92 Å². The van der Waals surface area contributed by atoms with Crippen molar-refractivity contribution in [2.45, 2.75) is 17.1 Å². The van der Waals surface area contributed by atoms with Crippen LogP contribution in [0.1, 0.15) is 11.1 Å². The van der Waals surface area contributed by atoms with Crippen LogP contribution in [0.4, 0.5) is 0 Å². The summed E-state index contributed by atoms with van der Waals surface area (Å²) in [6.07, 6.45) is 6.06. The molecule has 2 unspecified atom stereocenters. The molecule has 0 saturated heterocycles. The average Bonchev–Trinajstić information content (AvgIpc) is 2.97. The lowest BCUT2D eigenvalue weighted by Crippen LogP contribution is -2.13. The topological polar surface area (TPSA) is 17.1 Å². The van der Waals surface area contributed by atoms with Crippen LogP contribution in [0.25, 0.3) is 5.57 Å². The number of hydrogen-bond donors (Lipinski definition) is 0. The second kappa shape index (κ2) is 6.12. The summed E-state index contributed by atoms with van der Waals surface area (Å²) in [6, 6.07) is 16.0. The number of benzene rings is 2. The molecule has 2 aromatic rings. The van der Waals surface area contributed by atoms with Crippen molar-refractivity contribution in [3.8, 4) is 0 Å². The van der Waals surface area contributed by atoms with E-state index in [0.29, 0.717) is 0 Å². The zero-order chi connectivity index (χ0) is 14.8. The molecule has 1 aliphatic carbocycles. The Kier molecular flexibility index (Phi) is 4.22. The number of hydrogen-bond acceptors (Lipinski definition) is 1. The molecule has 0 amide bonds. The van der Waals surface area contributed by atoms with Gasteiger partial charge in [0.2, 0.25) is 0 Å². The monoisotopic (exact) mass is 358 g/mol. The highest BCUT2D eigenvalue weighted by molar-refractivity contribution is 9.10. The fourth-order valence-electron chi connectivity index (χ4n) is 2.40. The summed E-state index contributed by atoms with van der Waals surface area (Å²) in [5.41, 5.74) is 3.38. The summed E-state index contributed by atoms with van der Waals surface area (Å²) in [6.45, 7) is 2.04. The van der Waals surface area contributed by atoms with Gasteiger partial charge in [-0.15, -0.1) is 0 Å². The van der Waals surface area contributed by atoms with Crippen molar-refractivity contribution >= 4 is 32.3 Å². The van der Waals surface area contributed by atoms with Gasteiger partial charge in [-0.3, -0.25) is 4.21 Å². The molecule has 0 heterocycles. The van der Waals surface area contributed by atoms with Crippen LogP contribution in [-0.2, 0) is 10.8 Å². The zero-order valence-electron chi connectivity index (χ0n) is 11.6. The van der Waals surface area contributed by atoms with E-state index >= 15 is 0 Å². The Hall–Kier alpha value is -1.45. The van der Waals surface area contributed by atoms with Gasteiger partial charge in [0.25, 0.3) is 0 Å². The maximum absolute atomic E-state index is 12.9. The van der Waals surface area contributed by atoms with Gasteiger partial charge in [0.1, 0.15) is 0 Å². The molecule has 2 atom stereocenters. The van der Waals surface area contributed by atoms with Crippen molar-refractivity contribution in [3.63, 3.8) is 0 Å². The van der Waals surface area contributed by atoms with Crippen LogP contribution in [0.15, 0.2) is 76.1 Å². The van der Waals surface area contributed by atoms with Gasteiger partial charge < -0.3 is 0 Å². The SMILES string of the molecule is Cc1ccc(S(=O)C2C=CC=C2c2ccccc2Br)cc1. The van der Waals surface area contributed by atoms with E-state index in [2.05, 4.69) is 28.1 Å². The maximum atomic E-state index is 12.9. The zero-order valence-corrected chi connectivity index (χ0v) is 14.0. The first-order valence-electron chi connectivity index (χ1n) is 6.77. The predicted molar refractivity (Wildman–Crippen MR) is 92.6 cm³/mol. The normalized spacial score (nSPS) is 18.6. The Bertz CT molecular complexity index is 744. The highest BCUT2D eigenvalue weighted by Crippen LogP contribution is 2.34. The van der Waals surface area contributed by atoms with Gasteiger partial charge in [0.15, 0.2) is 0 Å². The van der Waals surface area contributed by atoms with Gasteiger partial charge in [-0.1, -0.05) is 70.1 Å². The highest BCUT2D eigenvalue weighted by atomic mass is 79.9. The van der Waals surface area contributed by atoms with E-state index in [1.165, 1.54) is 5.56 Å². The van der Waals surface area contributed by atoms with Gasteiger partial charge in [0.05, 0.1) is 16.0 Å². The van der Waals surface area contributed by atoms with E-state index in [4.69, 9.17) is 0 Å². The van der Waals surface area contributed by atoms with E-state index < -0.39 is 10.8 Å². The van der Waals surface area contributed by atoms with Crippen molar-refractivity contribution in [1.29, 1.82) is 0 Å². The molecule has 2 aromatic carbocycles. The van der Waals surface area contributed by atoms with E-state index in [1.54, 1.807) is 0 Å². The standard InChI is InChI=1S/C18H15BrOS/c1-13-9-11-14(12-10-13)21(20)18-8-4-6-16(18)15-5-2-3-7-17(15)19/h2-12,18H,1H3.